The summed E-state index contributed by atoms with van der Waals surface area (Å²) in [4.78, 5) is 28.6. The van der Waals surface area contributed by atoms with Crippen LogP contribution in [0.15, 0.2) is 18.2 Å². The van der Waals surface area contributed by atoms with Crippen molar-refractivity contribution in [3.63, 3.8) is 0 Å². The van der Waals surface area contributed by atoms with Crippen LogP contribution in [0.25, 0.3) is 0 Å². The standard InChI is InChI=1S/C21H24N2O5S/c1-3-7-23-8-6-14-17(11-23)29-20(19(14)21(25)26-2)22-18(24)10-13-4-5-15-16(9-13)28-12-27-15/h4-5,9H,3,6-8,10-12H2,1-2H3,(H,22,24). The first-order chi connectivity index (χ1) is 14.1. The molecule has 2 aromatic rings. The monoisotopic (exact) mass is 416 g/mol. The summed E-state index contributed by atoms with van der Waals surface area (Å²) in [7, 11) is 1.37. The molecule has 2 aliphatic heterocycles. The van der Waals surface area contributed by atoms with Crippen molar-refractivity contribution in [1.82, 2.24) is 4.90 Å². The first kappa shape index (κ1) is 19.7. The molecule has 1 aromatic heterocycles. The lowest BCUT2D eigenvalue weighted by molar-refractivity contribution is -0.115. The summed E-state index contributed by atoms with van der Waals surface area (Å²) in [6.45, 7) is 5.09. The molecular formula is C21H24N2O5S. The number of nitrogens with zero attached hydrogens (tertiary/aromatic N) is 1. The minimum Gasteiger partial charge on any atom is -0.465 e. The Labute approximate surface area is 173 Å². The van der Waals surface area contributed by atoms with Crippen LogP contribution in [-0.4, -0.2) is 43.8 Å². The first-order valence-electron chi connectivity index (χ1n) is 9.72. The van der Waals surface area contributed by atoms with Gasteiger partial charge in [-0.3, -0.25) is 9.69 Å². The number of hydrogen-bond donors (Lipinski definition) is 1. The van der Waals surface area contributed by atoms with Crippen molar-refractivity contribution in [3.8, 4) is 11.5 Å². The number of amides is 1. The number of ether oxygens (including phenoxy) is 3. The van der Waals surface area contributed by atoms with Crippen molar-refractivity contribution in [2.45, 2.75) is 32.7 Å². The molecule has 1 N–H and O–H groups in total. The number of carbonyl (C=O) groups is 2. The van der Waals surface area contributed by atoms with Gasteiger partial charge in [-0.05, 0) is 42.6 Å². The molecule has 3 heterocycles. The van der Waals surface area contributed by atoms with Gasteiger partial charge in [-0.1, -0.05) is 13.0 Å². The van der Waals surface area contributed by atoms with E-state index in [9.17, 15) is 9.59 Å². The zero-order valence-electron chi connectivity index (χ0n) is 16.6. The lowest BCUT2D eigenvalue weighted by atomic mass is 10.0. The third kappa shape index (κ3) is 4.09. The third-order valence-corrected chi connectivity index (χ3v) is 6.25. The third-order valence-electron chi connectivity index (χ3n) is 5.12. The number of anilines is 1. The molecule has 0 saturated carbocycles. The Balaban J connectivity index is 1.53. The van der Waals surface area contributed by atoms with Crippen molar-refractivity contribution in [2.24, 2.45) is 0 Å². The second-order valence-electron chi connectivity index (χ2n) is 7.14. The number of thiophene rings is 1. The Hall–Kier alpha value is -2.58. The molecule has 0 atom stereocenters. The summed E-state index contributed by atoms with van der Waals surface area (Å²) in [5.74, 6) is 0.751. The molecule has 2 aliphatic rings. The highest BCUT2D eigenvalue weighted by molar-refractivity contribution is 7.17. The van der Waals surface area contributed by atoms with Crippen LogP contribution in [0.5, 0.6) is 11.5 Å². The summed E-state index contributed by atoms with van der Waals surface area (Å²) in [6, 6.07) is 5.46. The topological polar surface area (TPSA) is 77.1 Å². The SMILES string of the molecule is CCCN1CCc2c(sc(NC(=O)Cc3ccc4c(c3)OCO4)c2C(=O)OC)C1. The zero-order valence-corrected chi connectivity index (χ0v) is 17.4. The van der Waals surface area contributed by atoms with E-state index in [1.807, 2.05) is 12.1 Å². The fourth-order valence-corrected chi connectivity index (χ4v) is 5.07. The van der Waals surface area contributed by atoms with Crippen LogP contribution >= 0.6 is 11.3 Å². The van der Waals surface area contributed by atoms with Crippen LogP contribution in [-0.2, 0) is 28.9 Å². The molecule has 7 nitrogen and oxygen atoms in total. The second-order valence-corrected chi connectivity index (χ2v) is 8.24. The van der Waals surface area contributed by atoms with E-state index in [2.05, 4.69) is 17.1 Å². The van der Waals surface area contributed by atoms with Crippen molar-refractivity contribution < 1.29 is 23.8 Å². The molecule has 0 fully saturated rings. The number of carbonyl (C=O) groups excluding carboxylic acids is 2. The van der Waals surface area contributed by atoms with Crippen LogP contribution in [0.3, 0.4) is 0 Å². The average molecular weight is 416 g/mol. The number of nitrogens with one attached hydrogen (secondary N) is 1. The molecule has 1 aromatic carbocycles. The molecule has 0 radical (unpaired) electrons. The van der Waals surface area contributed by atoms with E-state index in [4.69, 9.17) is 14.2 Å². The molecule has 0 spiro atoms. The second kappa shape index (κ2) is 8.42. The van der Waals surface area contributed by atoms with Gasteiger partial charge >= 0.3 is 5.97 Å². The van der Waals surface area contributed by atoms with Gasteiger partial charge in [0.15, 0.2) is 11.5 Å². The number of fused-ring (bicyclic) bond motifs is 2. The Morgan fingerprint density at radius 1 is 1.28 bits per heavy atom. The number of esters is 1. The Morgan fingerprint density at radius 3 is 2.90 bits per heavy atom. The van der Waals surface area contributed by atoms with Crippen LogP contribution in [0.1, 0.15) is 39.7 Å². The predicted octanol–water partition coefficient (Wildman–Crippen LogP) is 3.21. The number of benzene rings is 1. The molecular weight excluding hydrogens is 392 g/mol. The Morgan fingerprint density at radius 2 is 2.10 bits per heavy atom. The summed E-state index contributed by atoms with van der Waals surface area (Å²) in [5, 5.41) is 3.51. The highest BCUT2D eigenvalue weighted by atomic mass is 32.1. The van der Waals surface area contributed by atoms with Gasteiger partial charge in [0.05, 0.1) is 19.1 Å². The van der Waals surface area contributed by atoms with Crippen LogP contribution in [0, 0.1) is 0 Å². The van der Waals surface area contributed by atoms with Gasteiger partial charge in [-0.15, -0.1) is 11.3 Å². The number of hydrogen-bond acceptors (Lipinski definition) is 7. The molecule has 154 valence electrons. The van der Waals surface area contributed by atoms with Crippen molar-refractivity contribution >= 4 is 28.2 Å². The van der Waals surface area contributed by atoms with Crippen molar-refractivity contribution in [2.75, 3.05) is 32.3 Å². The van der Waals surface area contributed by atoms with Gasteiger partial charge < -0.3 is 19.5 Å². The normalized spacial score (nSPS) is 15.1. The lowest BCUT2D eigenvalue weighted by Crippen LogP contribution is -2.30. The summed E-state index contributed by atoms with van der Waals surface area (Å²) >= 11 is 1.48. The van der Waals surface area contributed by atoms with E-state index < -0.39 is 5.97 Å². The Bertz CT molecular complexity index is 939. The van der Waals surface area contributed by atoms with Gasteiger partial charge in [-0.2, -0.15) is 0 Å². The highest BCUT2D eigenvalue weighted by Crippen LogP contribution is 2.38. The maximum Gasteiger partial charge on any atom is 0.341 e. The largest absolute Gasteiger partial charge is 0.465 e. The van der Waals surface area contributed by atoms with E-state index in [1.165, 1.54) is 18.4 Å². The molecule has 1 amide bonds. The van der Waals surface area contributed by atoms with Gasteiger partial charge in [0, 0.05) is 18.0 Å². The Kier molecular flexibility index (Phi) is 5.73. The fourth-order valence-electron chi connectivity index (χ4n) is 3.78. The maximum atomic E-state index is 12.7. The smallest absolute Gasteiger partial charge is 0.341 e. The molecule has 4 rings (SSSR count). The minimum absolute atomic E-state index is 0.182. The maximum absolute atomic E-state index is 12.7. The minimum atomic E-state index is -0.398. The highest BCUT2D eigenvalue weighted by Gasteiger charge is 2.29. The molecule has 0 aliphatic carbocycles. The fraction of sp³-hybridized carbons (Fsp3) is 0.429. The van der Waals surface area contributed by atoms with E-state index in [-0.39, 0.29) is 19.1 Å². The van der Waals surface area contributed by atoms with Crippen molar-refractivity contribution in [3.05, 3.63) is 39.8 Å². The molecule has 0 bridgehead atoms. The summed E-state index contributed by atoms with van der Waals surface area (Å²) < 4.78 is 15.7. The lowest BCUT2D eigenvalue weighted by Gasteiger charge is -2.26. The molecule has 29 heavy (non-hydrogen) atoms. The van der Waals surface area contributed by atoms with Crippen LogP contribution in [0.4, 0.5) is 5.00 Å². The summed E-state index contributed by atoms with van der Waals surface area (Å²) in [6.07, 6.45) is 2.06. The zero-order chi connectivity index (χ0) is 20.4. The first-order valence-corrected chi connectivity index (χ1v) is 10.5. The van der Waals surface area contributed by atoms with Gasteiger partial charge in [0.25, 0.3) is 0 Å². The van der Waals surface area contributed by atoms with Crippen LogP contribution < -0.4 is 14.8 Å². The molecule has 0 unspecified atom stereocenters. The summed E-state index contributed by atoms with van der Waals surface area (Å²) in [5.41, 5.74) is 2.33. The number of methoxy groups -OCH3 is 1. The van der Waals surface area contributed by atoms with Crippen LogP contribution in [0.2, 0.25) is 0 Å². The van der Waals surface area contributed by atoms with Gasteiger partial charge in [-0.25, -0.2) is 4.79 Å². The average Bonchev–Trinajstić information content (AvgIpc) is 3.30. The van der Waals surface area contributed by atoms with Crippen molar-refractivity contribution in [1.29, 1.82) is 0 Å². The molecule has 8 heteroatoms. The van der Waals surface area contributed by atoms with E-state index in [0.717, 1.165) is 48.5 Å². The molecule has 0 saturated heterocycles. The van der Waals surface area contributed by atoms with E-state index in [1.54, 1.807) is 6.07 Å². The van der Waals surface area contributed by atoms with Gasteiger partial charge in [0.2, 0.25) is 12.7 Å². The number of rotatable bonds is 6. The van der Waals surface area contributed by atoms with E-state index >= 15 is 0 Å². The van der Waals surface area contributed by atoms with E-state index in [0.29, 0.717) is 22.1 Å². The predicted molar refractivity (Wildman–Crippen MR) is 110 cm³/mol. The van der Waals surface area contributed by atoms with Gasteiger partial charge in [0.1, 0.15) is 5.00 Å². The quantitative estimate of drug-likeness (QED) is 0.729.